The minimum absolute atomic E-state index is 0.280. The van der Waals surface area contributed by atoms with Crippen molar-refractivity contribution in [2.24, 2.45) is 0 Å². The van der Waals surface area contributed by atoms with Gasteiger partial charge in [0.25, 0.3) is 0 Å². The Morgan fingerprint density at radius 1 is 1.50 bits per heavy atom. The van der Waals surface area contributed by atoms with Gasteiger partial charge in [-0.25, -0.2) is 4.39 Å². The Balaban J connectivity index is 2.43. The number of allylic oxidation sites excluding steroid dienone is 1. The van der Waals surface area contributed by atoms with Crippen molar-refractivity contribution in [2.45, 2.75) is 32.7 Å². The minimum atomic E-state index is -0.280. The lowest BCUT2D eigenvalue weighted by Gasteiger charge is -2.09. The summed E-state index contributed by atoms with van der Waals surface area (Å²) < 4.78 is 14.4. The van der Waals surface area contributed by atoms with Crippen LogP contribution < -0.4 is 0 Å². The Morgan fingerprint density at radius 3 is 3.07 bits per heavy atom. The predicted molar refractivity (Wildman–Crippen MR) is 57.1 cm³/mol. The topological polar surface area (TPSA) is 4.93 Å². The van der Waals surface area contributed by atoms with Crippen LogP contribution in [0.3, 0.4) is 0 Å². The van der Waals surface area contributed by atoms with Gasteiger partial charge in [0.2, 0.25) is 0 Å². The largest absolute Gasteiger partial charge is 0.345 e. The number of halogens is 1. The molecule has 0 saturated carbocycles. The normalized spacial score (nSPS) is 14.4. The molecule has 1 aliphatic rings. The molecule has 0 fully saturated rings. The lowest BCUT2D eigenvalue weighted by molar-refractivity contribution is 0.445. The lowest BCUT2D eigenvalue weighted by Crippen LogP contribution is -2.03. The summed E-state index contributed by atoms with van der Waals surface area (Å²) >= 11 is 0. The molecular formula is C12H16FN. The summed E-state index contributed by atoms with van der Waals surface area (Å²) in [5.41, 5.74) is 4.05. The highest BCUT2D eigenvalue weighted by molar-refractivity contribution is 5.56. The van der Waals surface area contributed by atoms with Gasteiger partial charge in [-0.3, -0.25) is 0 Å². The molecule has 0 amide bonds. The van der Waals surface area contributed by atoms with E-state index in [9.17, 15) is 4.39 Å². The Hall–Kier alpha value is -1.05. The van der Waals surface area contributed by atoms with Crippen molar-refractivity contribution < 1.29 is 4.39 Å². The first-order valence-corrected chi connectivity index (χ1v) is 5.30. The van der Waals surface area contributed by atoms with Crippen LogP contribution in [0.1, 0.15) is 30.2 Å². The Morgan fingerprint density at radius 2 is 2.36 bits per heavy atom. The quantitative estimate of drug-likeness (QED) is 0.695. The molecule has 0 radical (unpaired) electrons. The molecule has 2 heteroatoms. The van der Waals surface area contributed by atoms with Gasteiger partial charge in [-0.1, -0.05) is 13.0 Å². The molecule has 1 nitrogen and oxygen atoms in total. The van der Waals surface area contributed by atoms with Crippen molar-refractivity contribution in [2.75, 3.05) is 6.67 Å². The van der Waals surface area contributed by atoms with Crippen molar-refractivity contribution in [3.05, 3.63) is 29.1 Å². The number of aromatic nitrogens is 1. The van der Waals surface area contributed by atoms with E-state index in [0.29, 0.717) is 6.54 Å². The molecule has 0 atom stereocenters. The molecule has 0 aromatic carbocycles. The average molecular weight is 193 g/mol. The summed E-state index contributed by atoms with van der Waals surface area (Å²) in [7, 11) is 0. The van der Waals surface area contributed by atoms with Gasteiger partial charge in [0, 0.05) is 11.9 Å². The van der Waals surface area contributed by atoms with E-state index >= 15 is 0 Å². The standard InChI is InChI=1S/C12H16FN/c1-2-10-9-14(8-7-13)12-6-4-3-5-11(10)12/h4,6,9H,2-3,5,7-8H2,1H3. The summed E-state index contributed by atoms with van der Waals surface area (Å²) in [6, 6.07) is 0. The molecule has 0 aliphatic heterocycles. The zero-order valence-electron chi connectivity index (χ0n) is 8.59. The molecule has 1 aromatic rings. The number of alkyl halides is 1. The van der Waals surface area contributed by atoms with E-state index in [1.807, 2.05) is 4.57 Å². The third-order valence-electron chi connectivity index (χ3n) is 2.86. The molecule has 0 spiro atoms. The smallest absolute Gasteiger partial charge is 0.107 e. The zero-order valence-corrected chi connectivity index (χ0v) is 8.59. The fourth-order valence-electron chi connectivity index (χ4n) is 2.16. The van der Waals surface area contributed by atoms with E-state index in [1.54, 1.807) is 0 Å². The van der Waals surface area contributed by atoms with E-state index < -0.39 is 0 Å². The molecule has 14 heavy (non-hydrogen) atoms. The third-order valence-corrected chi connectivity index (χ3v) is 2.86. The fourth-order valence-corrected chi connectivity index (χ4v) is 2.16. The van der Waals surface area contributed by atoms with Gasteiger partial charge in [-0.2, -0.15) is 0 Å². The van der Waals surface area contributed by atoms with Crippen molar-refractivity contribution in [3.8, 4) is 0 Å². The summed E-state index contributed by atoms with van der Waals surface area (Å²) in [5, 5.41) is 0. The summed E-state index contributed by atoms with van der Waals surface area (Å²) in [5.74, 6) is 0. The average Bonchev–Trinajstić information content (AvgIpc) is 2.58. The van der Waals surface area contributed by atoms with Crippen LogP contribution in [-0.4, -0.2) is 11.2 Å². The maximum Gasteiger partial charge on any atom is 0.107 e. The summed E-state index contributed by atoms with van der Waals surface area (Å²) in [6.07, 6.45) is 9.72. The van der Waals surface area contributed by atoms with Crippen LogP contribution in [-0.2, 0) is 19.4 Å². The number of hydrogen-bond acceptors (Lipinski definition) is 0. The zero-order chi connectivity index (χ0) is 9.97. The highest BCUT2D eigenvalue weighted by Crippen LogP contribution is 2.25. The van der Waals surface area contributed by atoms with Gasteiger partial charge in [0.15, 0.2) is 0 Å². The minimum Gasteiger partial charge on any atom is -0.345 e. The van der Waals surface area contributed by atoms with Crippen LogP contribution in [0.5, 0.6) is 0 Å². The maximum atomic E-state index is 12.3. The van der Waals surface area contributed by atoms with Crippen LogP contribution >= 0.6 is 0 Å². The predicted octanol–water partition coefficient (Wildman–Crippen LogP) is 2.98. The Kier molecular flexibility index (Phi) is 2.71. The first-order chi connectivity index (χ1) is 6.86. The number of nitrogens with zero attached hydrogens (tertiary/aromatic N) is 1. The number of rotatable bonds is 3. The van der Waals surface area contributed by atoms with E-state index in [-0.39, 0.29) is 6.67 Å². The number of fused-ring (bicyclic) bond motifs is 1. The van der Waals surface area contributed by atoms with E-state index in [4.69, 9.17) is 0 Å². The molecule has 76 valence electrons. The fraction of sp³-hybridized carbons (Fsp3) is 0.500. The molecule has 0 bridgehead atoms. The van der Waals surface area contributed by atoms with Crippen LogP contribution in [0.2, 0.25) is 0 Å². The monoisotopic (exact) mass is 193 g/mol. The van der Waals surface area contributed by atoms with Crippen molar-refractivity contribution in [3.63, 3.8) is 0 Å². The summed E-state index contributed by atoms with van der Waals surface area (Å²) in [4.78, 5) is 0. The van der Waals surface area contributed by atoms with Gasteiger partial charge in [-0.15, -0.1) is 0 Å². The molecule has 1 aromatic heterocycles. The van der Waals surface area contributed by atoms with Crippen molar-refractivity contribution in [1.82, 2.24) is 4.57 Å². The van der Waals surface area contributed by atoms with E-state index in [2.05, 4.69) is 25.3 Å². The van der Waals surface area contributed by atoms with Crippen LogP contribution in [0.15, 0.2) is 12.3 Å². The SMILES string of the molecule is CCc1cn(CCF)c2c1CCC=C2. The number of hydrogen-bond donors (Lipinski definition) is 0. The molecule has 0 unspecified atom stereocenters. The second-order valence-corrected chi connectivity index (χ2v) is 3.70. The van der Waals surface area contributed by atoms with Crippen LogP contribution in [0.4, 0.5) is 4.39 Å². The van der Waals surface area contributed by atoms with Crippen LogP contribution in [0, 0.1) is 0 Å². The van der Waals surface area contributed by atoms with Gasteiger partial charge < -0.3 is 4.57 Å². The second kappa shape index (κ2) is 3.99. The van der Waals surface area contributed by atoms with E-state index in [0.717, 1.165) is 19.3 Å². The third kappa shape index (κ3) is 1.49. The van der Waals surface area contributed by atoms with E-state index in [1.165, 1.54) is 16.8 Å². The first kappa shape index (κ1) is 9.50. The Bertz CT molecular complexity index is 349. The Labute approximate surface area is 84.2 Å². The summed E-state index contributed by atoms with van der Waals surface area (Å²) in [6.45, 7) is 2.37. The first-order valence-electron chi connectivity index (χ1n) is 5.30. The van der Waals surface area contributed by atoms with Gasteiger partial charge >= 0.3 is 0 Å². The van der Waals surface area contributed by atoms with Crippen molar-refractivity contribution >= 4 is 6.08 Å². The highest BCUT2D eigenvalue weighted by atomic mass is 19.1. The van der Waals surface area contributed by atoms with Gasteiger partial charge in [0.05, 0.1) is 6.54 Å². The number of aryl methyl sites for hydroxylation is 2. The molecule has 1 heterocycles. The molecular weight excluding hydrogens is 177 g/mol. The molecule has 0 saturated heterocycles. The maximum absolute atomic E-state index is 12.3. The molecule has 2 rings (SSSR count). The van der Waals surface area contributed by atoms with Gasteiger partial charge in [-0.05, 0) is 36.5 Å². The highest BCUT2D eigenvalue weighted by Gasteiger charge is 2.14. The van der Waals surface area contributed by atoms with Gasteiger partial charge in [0.1, 0.15) is 6.67 Å². The molecule has 1 aliphatic carbocycles. The van der Waals surface area contributed by atoms with Crippen molar-refractivity contribution in [1.29, 1.82) is 0 Å². The molecule has 0 N–H and O–H groups in total. The second-order valence-electron chi connectivity index (χ2n) is 3.70. The van der Waals surface area contributed by atoms with Crippen LogP contribution in [0.25, 0.3) is 6.08 Å². The lowest BCUT2D eigenvalue weighted by atomic mass is 9.99.